The second kappa shape index (κ2) is 5.24. The highest BCUT2D eigenvalue weighted by atomic mass is 79.9. The number of hydrogen-bond donors (Lipinski definition) is 1. The maximum atomic E-state index is 6.58. The maximum Gasteiger partial charge on any atom is 0.131 e. The lowest BCUT2D eigenvalue weighted by molar-refractivity contribution is 0.418. The number of aromatic nitrogens is 3. The molecule has 4 nitrogen and oxygen atoms in total. The first-order valence-corrected chi connectivity index (χ1v) is 8.91. The third kappa shape index (κ3) is 2.09. The average molecular weight is 382 g/mol. The number of pyridine rings is 1. The van der Waals surface area contributed by atoms with E-state index in [1.807, 2.05) is 6.20 Å². The van der Waals surface area contributed by atoms with E-state index in [2.05, 4.69) is 49.1 Å². The van der Waals surface area contributed by atoms with E-state index in [0.717, 1.165) is 47.5 Å². The Morgan fingerprint density at radius 1 is 1.50 bits per heavy atom. The Bertz CT molecular complexity index is 729. The zero-order chi connectivity index (χ0) is 15.3. The van der Waals surface area contributed by atoms with Gasteiger partial charge in [-0.25, -0.2) is 4.98 Å². The van der Waals surface area contributed by atoms with Crippen LogP contribution >= 0.6 is 27.5 Å². The Morgan fingerprint density at radius 3 is 3.14 bits per heavy atom. The Kier molecular flexibility index (Phi) is 3.46. The van der Waals surface area contributed by atoms with Crippen LogP contribution in [0.1, 0.15) is 43.4 Å². The molecule has 1 N–H and O–H groups in total. The second-order valence-corrected chi connectivity index (χ2v) is 7.59. The molecule has 1 aliphatic heterocycles. The Balaban J connectivity index is 1.68. The van der Waals surface area contributed by atoms with Gasteiger partial charge < -0.3 is 5.32 Å². The summed E-state index contributed by atoms with van der Waals surface area (Å²) in [5.41, 5.74) is 2.58. The van der Waals surface area contributed by atoms with E-state index in [9.17, 15) is 0 Å². The van der Waals surface area contributed by atoms with Crippen molar-refractivity contribution in [3.8, 4) is 0 Å². The van der Waals surface area contributed by atoms with E-state index in [1.54, 1.807) is 6.20 Å². The molecule has 1 spiro atoms. The number of aryl methyl sites for hydroxylation is 1. The van der Waals surface area contributed by atoms with Crippen LogP contribution in [0, 0.1) is 0 Å². The lowest BCUT2D eigenvalue weighted by Crippen LogP contribution is -2.25. The molecule has 1 saturated carbocycles. The van der Waals surface area contributed by atoms with Crippen LogP contribution in [0.15, 0.2) is 23.1 Å². The molecule has 0 saturated heterocycles. The number of nitrogens with one attached hydrogen (secondary N) is 1. The number of hydrogen-bond acceptors (Lipinski definition) is 3. The summed E-state index contributed by atoms with van der Waals surface area (Å²) in [4.78, 5) is 4.49. The van der Waals surface area contributed by atoms with Crippen molar-refractivity contribution >= 4 is 33.3 Å². The SMILES string of the molecule is CCc1cnn([C@H]2CC[C@@]3(CNc4ncc(Br)c(Cl)c43)C2)c1. The van der Waals surface area contributed by atoms with Gasteiger partial charge in [-0.2, -0.15) is 5.10 Å². The van der Waals surface area contributed by atoms with Gasteiger partial charge >= 0.3 is 0 Å². The van der Waals surface area contributed by atoms with Gasteiger partial charge in [-0.15, -0.1) is 0 Å². The topological polar surface area (TPSA) is 42.7 Å². The molecule has 3 heterocycles. The van der Waals surface area contributed by atoms with Gasteiger partial charge in [-0.3, -0.25) is 4.68 Å². The third-order valence-electron chi connectivity index (χ3n) is 5.12. The fourth-order valence-corrected chi connectivity index (χ4v) is 4.54. The van der Waals surface area contributed by atoms with E-state index < -0.39 is 0 Å². The monoisotopic (exact) mass is 380 g/mol. The molecule has 1 aliphatic carbocycles. The Hall–Kier alpha value is -1.07. The Labute approximate surface area is 143 Å². The van der Waals surface area contributed by atoms with Gasteiger partial charge in [0.25, 0.3) is 0 Å². The highest BCUT2D eigenvalue weighted by Crippen LogP contribution is 2.54. The van der Waals surface area contributed by atoms with Crippen molar-refractivity contribution in [2.75, 3.05) is 11.9 Å². The van der Waals surface area contributed by atoms with Crippen LogP contribution in [0.4, 0.5) is 5.82 Å². The minimum absolute atomic E-state index is 0.0895. The number of fused-ring (bicyclic) bond motifs is 2. The molecule has 4 rings (SSSR count). The Morgan fingerprint density at radius 2 is 2.36 bits per heavy atom. The van der Waals surface area contributed by atoms with Crippen LogP contribution in [-0.2, 0) is 11.8 Å². The molecule has 2 aromatic rings. The third-order valence-corrected chi connectivity index (χ3v) is 6.34. The van der Waals surface area contributed by atoms with Crippen LogP contribution in [0.2, 0.25) is 5.02 Å². The van der Waals surface area contributed by atoms with E-state index in [-0.39, 0.29) is 5.41 Å². The van der Waals surface area contributed by atoms with Crippen LogP contribution in [0.3, 0.4) is 0 Å². The normalized spacial score (nSPS) is 26.4. The summed E-state index contributed by atoms with van der Waals surface area (Å²) in [6.45, 7) is 3.08. The minimum Gasteiger partial charge on any atom is -0.369 e. The maximum absolute atomic E-state index is 6.58. The quantitative estimate of drug-likeness (QED) is 0.841. The van der Waals surface area contributed by atoms with Crippen molar-refractivity contribution in [2.45, 2.75) is 44.1 Å². The standard InChI is InChI=1S/C16H18BrClN4/c1-2-10-6-21-22(8-10)11-3-4-16(5-11)9-20-15-13(16)14(18)12(17)7-19-15/h6-8,11H,2-5,9H2,1H3,(H,19,20)/t11-,16-/m0/s1. The van der Waals surface area contributed by atoms with Gasteiger partial charge in [0.05, 0.1) is 21.7 Å². The fraction of sp³-hybridized carbons (Fsp3) is 0.500. The first-order chi connectivity index (χ1) is 10.6. The van der Waals surface area contributed by atoms with Crippen molar-refractivity contribution in [1.29, 1.82) is 0 Å². The molecular formula is C16H18BrClN4. The zero-order valence-corrected chi connectivity index (χ0v) is 14.8. The first-order valence-electron chi connectivity index (χ1n) is 7.74. The van der Waals surface area contributed by atoms with Gasteiger partial charge in [0, 0.05) is 29.9 Å². The summed E-state index contributed by atoms with van der Waals surface area (Å²) in [5, 5.41) is 8.81. The van der Waals surface area contributed by atoms with Crippen LogP contribution in [0.5, 0.6) is 0 Å². The van der Waals surface area contributed by atoms with Gasteiger partial charge in [0.1, 0.15) is 5.82 Å². The molecule has 22 heavy (non-hydrogen) atoms. The van der Waals surface area contributed by atoms with Crippen LogP contribution in [0.25, 0.3) is 0 Å². The van der Waals surface area contributed by atoms with Crippen molar-refractivity contribution in [2.24, 2.45) is 0 Å². The lowest BCUT2D eigenvalue weighted by Gasteiger charge is -2.24. The molecule has 0 radical (unpaired) electrons. The number of nitrogens with zero attached hydrogens (tertiary/aromatic N) is 3. The molecule has 0 bridgehead atoms. The molecule has 2 aliphatic rings. The van der Waals surface area contributed by atoms with Gasteiger partial charge in [0.15, 0.2) is 0 Å². The zero-order valence-electron chi connectivity index (χ0n) is 12.4. The van der Waals surface area contributed by atoms with Crippen molar-refractivity contribution < 1.29 is 0 Å². The molecule has 2 aromatic heterocycles. The smallest absolute Gasteiger partial charge is 0.131 e. The average Bonchev–Trinajstić information content (AvgIpc) is 3.22. The van der Waals surface area contributed by atoms with E-state index in [1.165, 1.54) is 11.1 Å². The highest BCUT2D eigenvalue weighted by Gasteiger charge is 2.48. The van der Waals surface area contributed by atoms with E-state index in [0.29, 0.717) is 6.04 Å². The molecule has 0 unspecified atom stereocenters. The van der Waals surface area contributed by atoms with Crippen LogP contribution < -0.4 is 5.32 Å². The van der Waals surface area contributed by atoms with Crippen molar-refractivity contribution in [3.63, 3.8) is 0 Å². The molecular weight excluding hydrogens is 364 g/mol. The molecule has 6 heteroatoms. The highest BCUT2D eigenvalue weighted by molar-refractivity contribution is 9.10. The summed E-state index contributed by atoms with van der Waals surface area (Å²) in [7, 11) is 0. The number of halogens is 2. The molecule has 1 fully saturated rings. The summed E-state index contributed by atoms with van der Waals surface area (Å²) < 4.78 is 3.03. The minimum atomic E-state index is 0.0895. The number of rotatable bonds is 2. The van der Waals surface area contributed by atoms with Gasteiger partial charge in [0.2, 0.25) is 0 Å². The van der Waals surface area contributed by atoms with Gasteiger partial charge in [-0.1, -0.05) is 18.5 Å². The fourth-order valence-electron chi connectivity index (χ4n) is 3.90. The van der Waals surface area contributed by atoms with E-state index >= 15 is 0 Å². The molecule has 0 amide bonds. The molecule has 116 valence electrons. The molecule has 2 atom stereocenters. The summed E-state index contributed by atoms with van der Waals surface area (Å²) >= 11 is 10.1. The second-order valence-electron chi connectivity index (χ2n) is 6.36. The molecule has 0 aromatic carbocycles. The summed E-state index contributed by atoms with van der Waals surface area (Å²) in [5.74, 6) is 0.948. The summed E-state index contributed by atoms with van der Waals surface area (Å²) in [6, 6.07) is 0.447. The number of anilines is 1. The van der Waals surface area contributed by atoms with Crippen molar-refractivity contribution in [3.05, 3.63) is 39.2 Å². The largest absolute Gasteiger partial charge is 0.369 e. The van der Waals surface area contributed by atoms with Gasteiger partial charge in [-0.05, 0) is 47.2 Å². The predicted molar refractivity (Wildman–Crippen MR) is 91.6 cm³/mol. The first kappa shape index (κ1) is 14.5. The van der Waals surface area contributed by atoms with Crippen molar-refractivity contribution in [1.82, 2.24) is 14.8 Å². The lowest BCUT2D eigenvalue weighted by atomic mass is 9.81. The van der Waals surface area contributed by atoms with E-state index in [4.69, 9.17) is 11.6 Å². The summed E-state index contributed by atoms with van der Waals surface area (Å²) in [6.07, 6.45) is 10.3. The van der Waals surface area contributed by atoms with Crippen LogP contribution in [-0.4, -0.2) is 21.3 Å². The predicted octanol–water partition coefficient (Wildman–Crippen LogP) is 4.34.